The summed E-state index contributed by atoms with van der Waals surface area (Å²) in [6, 6.07) is 21.1. The molecule has 0 spiro atoms. The van der Waals surface area contributed by atoms with Crippen LogP contribution in [0.25, 0.3) is 0 Å². The Morgan fingerprint density at radius 1 is 1.00 bits per heavy atom. The lowest BCUT2D eigenvalue weighted by Crippen LogP contribution is -2.43. The highest BCUT2D eigenvalue weighted by Gasteiger charge is 2.47. The lowest BCUT2D eigenvalue weighted by atomic mass is 9.97. The van der Waals surface area contributed by atoms with Gasteiger partial charge in [-0.25, -0.2) is 4.79 Å². The minimum Gasteiger partial charge on any atom is -0.481 e. The van der Waals surface area contributed by atoms with Gasteiger partial charge in [0, 0.05) is 23.2 Å². The molecule has 34 heavy (non-hydrogen) atoms. The second-order valence-corrected chi connectivity index (χ2v) is 8.08. The van der Waals surface area contributed by atoms with Crippen molar-refractivity contribution in [2.45, 2.75) is 24.8 Å². The Hall–Kier alpha value is -4.33. The van der Waals surface area contributed by atoms with E-state index in [9.17, 15) is 19.5 Å². The van der Waals surface area contributed by atoms with Gasteiger partial charge < -0.3 is 24.2 Å². The van der Waals surface area contributed by atoms with Gasteiger partial charge in [0.05, 0.1) is 13.5 Å². The number of benzene rings is 3. The highest BCUT2D eigenvalue weighted by atomic mass is 16.7. The Kier molecular flexibility index (Phi) is 5.20. The van der Waals surface area contributed by atoms with Crippen molar-refractivity contribution >= 4 is 17.8 Å². The van der Waals surface area contributed by atoms with Crippen LogP contribution in [0.3, 0.4) is 0 Å². The Balaban J connectivity index is 1.52. The number of methoxy groups -OCH3 is 1. The number of fused-ring (bicyclic) bond motifs is 2. The molecule has 0 radical (unpaired) electrons. The molecule has 3 aromatic carbocycles. The second-order valence-electron chi connectivity index (χ2n) is 8.08. The summed E-state index contributed by atoms with van der Waals surface area (Å²) in [5.41, 5.74) is 2.53. The maximum Gasteiger partial charge on any atom is 0.329 e. The number of hydrogen-bond acceptors (Lipinski definition) is 6. The van der Waals surface area contributed by atoms with Gasteiger partial charge in [-0.1, -0.05) is 60.7 Å². The lowest BCUT2D eigenvalue weighted by molar-refractivity contribution is -0.151. The Morgan fingerprint density at radius 2 is 1.56 bits per heavy atom. The van der Waals surface area contributed by atoms with Gasteiger partial charge in [0.15, 0.2) is 11.5 Å². The van der Waals surface area contributed by atoms with Crippen LogP contribution in [-0.2, 0) is 26.7 Å². The van der Waals surface area contributed by atoms with Crippen molar-refractivity contribution in [3.8, 4) is 11.5 Å². The number of ether oxygens (including phenoxy) is 3. The third kappa shape index (κ3) is 3.44. The van der Waals surface area contributed by atoms with Crippen LogP contribution in [0.1, 0.15) is 33.5 Å². The number of carboxylic acids is 1. The summed E-state index contributed by atoms with van der Waals surface area (Å²) in [5.74, 6) is -2.83. The zero-order valence-corrected chi connectivity index (χ0v) is 18.3. The number of rotatable bonds is 6. The second kappa shape index (κ2) is 8.22. The fourth-order valence-electron chi connectivity index (χ4n) is 4.42. The average molecular weight is 459 g/mol. The van der Waals surface area contributed by atoms with E-state index in [1.807, 2.05) is 60.7 Å². The SMILES string of the molecule is COC(=O)[C@H](CC(=O)O)N1Cc2cc3c(cc2C1=O)OC(c1ccccc1)(c1ccccc1)O3. The van der Waals surface area contributed by atoms with E-state index >= 15 is 0 Å². The number of carboxylic acid groups (broad SMARTS) is 1. The molecule has 1 atom stereocenters. The molecule has 2 aliphatic heterocycles. The molecule has 2 heterocycles. The van der Waals surface area contributed by atoms with E-state index in [0.717, 1.165) is 18.2 Å². The topological polar surface area (TPSA) is 102 Å². The van der Waals surface area contributed by atoms with Gasteiger partial charge in [-0.3, -0.25) is 9.59 Å². The first-order valence-corrected chi connectivity index (χ1v) is 10.7. The van der Waals surface area contributed by atoms with Crippen molar-refractivity contribution in [2.75, 3.05) is 7.11 Å². The van der Waals surface area contributed by atoms with Crippen LogP contribution in [0.2, 0.25) is 0 Å². The van der Waals surface area contributed by atoms with Gasteiger partial charge in [0.2, 0.25) is 0 Å². The van der Waals surface area contributed by atoms with E-state index < -0.39 is 36.1 Å². The third-order valence-corrected chi connectivity index (χ3v) is 6.03. The molecule has 0 unspecified atom stereocenters. The smallest absolute Gasteiger partial charge is 0.329 e. The Labute approximate surface area is 195 Å². The molecule has 8 heteroatoms. The summed E-state index contributed by atoms with van der Waals surface area (Å²) in [6.45, 7) is 0.0571. The monoisotopic (exact) mass is 459 g/mol. The molecule has 1 N–H and O–H groups in total. The minimum atomic E-state index is -1.23. The molecule has 0 saturated heterocycles. The summed E-state index contributed by atoms with van der Waals surface area (Å²) < 4.78 is 17.5. The Bertz CT molecular complexity index is 1230. The molecule has 0 bridgehead atoms. The van der Waals surface area contributed by atoms with Crippen LogP contribution < -0.4 is 9.47 Å². The van der Waals surface area contributed by atoms with E-state index in [2.05, 4.69) is 0 Å². The van der Waals surface area contributed by atoms with Crippen LogP contribution in [0.5, 0.6) is 11.5 Å². The lowest BCUT2D eigenvalue weighted by Gasteiger charge is -2.28. The van der Waals surface area contributed by atoms with E-state index in [1.165, 1.54) is 4.90 Å². The van der Waals surface area contributed by atoms with E-state index in [1.54, 1.807) is 12.1 Å². The van der Waals surface area contributed by atoms with E-state index in [0.29, 0.717) is 22.6 Å². The quantitative estimate of drug-likeness (QED) is 0.564. The maximum absolute atomic E-state index is 13.2. The highest BCUT2D eigenvalue weighted by Crippen LogP contribution is 2.49. The standard InChI is InChI=1S/C26H21NO7/c1-32-25(31)20(14-23(28)29)27-15-16-12-21-22(13-19(16)24(27)30)34-26(33-21,17-8-4-2-5-9-17)18-10-6-3-7-11-18/h2-13,20H,14-15H2,1H3,(H,28,29)/t20-/m0/s1. The van der Waals surface area contributed by atoms with Gasteiger partial charge in [-0.15, -0.1) is 0 Å². The van der Waals surface area contributed by atoms with Crippen LogP contribution in [-0.4, -0.2) is 41.0 Å². The number of carbonyl (C=O) groups excluding carboxylic acids is 2. The van der Waals surface area contributed by atoms with Gasteiger partial charge in [-0.05, 0) is 17.7 Å². The molecule has 3 aromatic rings. The first-order chi connectivity index (χ1) is 16.4. The third-order valence-electron chi connectivity index (χ3n) is 6.03. The first kappa shape index (κ1) is 21.5. The summed E-state index contributed by atoms with van der Waals surface area (Å²) >= 11 is 0. The van der Waals surface area contributed by atoms with Crippen molar-refractivity contribution in [1.29, 1.82) is 0 Å². The van der Waals surface area contributed by atoms with Crippen molar-refractivity contribution in [1.82, 2.24) is 4.90 Å². The summed E-state index contributed by atoms with van der Waals surface area (Å²) in [4.78, 5) is 37.9. The van der Waals surface area contributed by atoms with Crippen LogP contribution in [0.4, 0.5) is 0 Å². The molecule has 172 valence electrons. The number of nitrogens with zero attached hydrogens (tertiary/aromatic N) is 1. The molecule has 8 nitrogen and oxygen atoms in total. The first-order valence-electron chi connectivity index (χ1n) is 10.7. The van der Waals surface area contributed by atoms with Crippen molar-refractivity contribution in [3.63, 3.8) is 0 Å². The van der Waals surface area contributed by atoms with Gasteiger partial charge in [0.1, 0.15) is 6.04 Å². The normalized spacial score (nSPS) is 16.1. The van der Waals surface area contributed by atoms with Crippen molar-refractivity contribution in [3.05, 3.63) is 95.1 Å². The predicted molar refractivity (Wildman–Crippen MR) is 119 cm³/mol. The minimum absolute atomic E-state index is 0.0571. The average Bonchev–Trinajstić information content (AvgIpc) is 3.39. The molecule has 0 aliphatic carbocycles. The van der Waals surface area contributed by atoms with Gasteiger partial charge >= 0.3 is 17.7 Å². The van der Waals surface area contributed by atoms with Crippen LogP contribution in [0.15, 0.2) is 72.8 Å². The number of amides is 1. The molecule has 2 aliphatic rings. The van der Waals surface area contributed by atoms with E-state index in [4.69, 9.17) is 14.2 Å². The molecule has 5 rings (SSSR count). The molecule has 0 aromatic heterocycles. The van der Waals surface area contributed by atoms with Gasteiger partial charge in [0.25, 0.3) is 5.91 Å². The predicted octanol–water partition coefficient (Wildman–Crippen LogP) is 3.33. The maximum atomic E-state index is 13.2. The molecular formula is C26H21NO7. The van der Waals surface area contributed by atoms with E-state index in [-0.39, 0.29) is 6.54 Å². The zero-order chi connectivity index (χ0) is 23.9. The van der Waals surface area contributed by atoms with Crippen LogP contribution in [0, 0.1) is 0 Å². The Morgan fingerprint density at radius 3 is 2.09 bits per heavy atom. The van der Waals surface area contributed by atoms with Crippen molar-refractivity contribution in [2.24, 2.45) is 0 Å². The molecule has 0 saturated carbocycles. The molecule has 0 fully saturated rings. The molecular weight excluding hydrogens is 438 g/mol. The van der Waals surface area contributed by atoms with Crippen LogP contribution >= 0.6 is 0 Å². The summed E-state index contributed by atoms with van der Waals surface area (Å²) in [7, 11) is 1.16. The highest BCUT2D eigenvalue weighted by molar-refractivity contribution is 6.02. The molecule has 1 amide bonds. The largest absolute Gasteiger partial charge is 0.481 e. The zero-order valence-electron chi connectivity index (χ0n) is 18.3. The van der Waals surface area contributed by atoms with Crippen molar-refractivity contribution < 1.29 is 33.7 Å². The fraction of sp³-hybridized carbons (Fsp3) is 0.192. The van der Waals surface area contributed by atoms with Gasteiger partial charge in [-0.2, -0.15) is 0 Å². The number of esters is 1. The summed E-state index contributed by atoms with van der Waals surface area (Å²) in [5, 5.41) is 9.22. The fourth-order valence-corrected chi connectivity index (χ4v) is 4.42. The number of carbonyl (C=O) groups is 3. The summed E-state index contributed by atoms with van der Waals surface area (Å²) in [6.07, 6.45) is -0.551. The number of aliphatic carboxylic acids is 1. The number of hydrogen-bond donors (Lipinski definition) is 1.